The van der Waals surface area contributed by atoms with Crippen molar-refractivity contribution in [1.29, 1.82) is 0 Å². The summed E-state index contributed by atoms with van der Waals surface area (Å²) in [6, 6.07) is 6.96. The van der Waals surface area contributed by atoms with Crippen LogP contribution in [0, 0.1) is 0 Å². The molecule has 7 nitrogen and oxygen atoms in total. The van der Waals surface area contributed by atoms with E-state index in [1.807, 2.05) is 12.1 Å². The molecule has 0 saturated heterocycles. The minimum atomic E-state index is -0.495. The van der Waals surface area contributed by atoms with Crippen LogP contribution in [0.5, 0.6) is 5.75 Å². The third-order valence-corrected chi connectivity index (χ3v) is 3.95. The second kappa shape index (κ2) is 10.6. The molecular weight excluding hydrogens is 322 g/mol. The van der Waals surface area contributed by atoms with E-state index in [2.05, 4.69) is 36.6 Å². The number of nitrogens with zero attached hydrogens (tertiary/aromatic N) is 1. The molecule has 0 heterocycles. The Morgan fingerprint density at radius 2 is 1.64 bits per heavy atom. The SMILES string of the molecule is CCC(C)c1ccc(OC(C)OCCN(C(=O)NC)C(=O)NC)cc1. The highest BCUT2D eigenvalue weighted by Gasteiger charge is 2.19. The number of carbonyl (C=O) groups excluding carboxylic acids is 2. The number of urea groups is 2. The molecule has 1 rings (SSSR count). The molecule has 0 fully saturated rings. The van der Waals surface area contributed by atoms with Gasteiger partial charge in [0, 0.05) is 14.1 Å². The van der Waals surface area contributed by atoms with Crippen LogP contribution in [0.1, 0.15) is 38.7 Å². The fraction of sp³-hybridized carbons (Fsp3) is 0.556. The second-order valence-electron chi connectivity index (χ2n) is 5.70. The van der Waals surface area contributed by atoms with E-state index in [0.29, 0.717) is 11.7 Å². The van der Waals surface area contributed by atoms with Crippen LogP contribution in [0.3, 0.4) is 0 Å². The number of nitrogens with one attached hydrogen (secondary N) is 2. The van der Waals surface area contributed by atoms with E-state index in [9.17, 15) is 9.59 Å². The molecule has 0 spiro atoms. The molecule has 0 aliphatic heterocycles. The van der Waals surface area contributed by atoms with Crippen LogP contribution < -0.4 is 15.4 Å². The molecule has 1 aromatic carbocycles. The van der Waals surface area contributed by atoms with Gasteiger partial charge in [0.15, 0.2) is 6.29 Å². The fourth-order valence-corrected chi connectivity index (χ4v) is 2.21. The minimum absolute atomic E-state index is 0.125. The Balaban J connectivity index is 2.47. The van der Waals surface area contributed by atoms with Gasteiger partial charge in [-0.3, -0.25) is 0 Å². The summed E-state index contributed by atoms with van der Waals surface area (Å²) in [5.41, 5.74) is 1.27. The summed E-state index contributed by atoms with van der Waals surface area (Å²) in [6.07, 6.45) is 0.595. The molecule has 2 atom stereocenters. The Kier molecular flexibility index (Phi) is 8.77. The zero-order valence-corrected chi connectivity index (χ0v) is 15.7. The predicted molar refractivity (Wildman–Crippen MR) is 96.8 cm³/mol. The van der Waals surface area contributed by atoms with E-state index >= 15 is 0 Å². The number of rotatable bonds is 8. The van der Waals surface area contributed by atoms with Gasteiger partial charge < -0.3 is 20.1 Å². The van der Waals surface area contributed by atoms with E-state index < -0.39 is 18.4 Å². The molecule has 7 heteroatoms. The molecule has 0 bridgehead atoms. The van der Waals surface area contributed by atoms with Crippen molar-refractivity contribution in [3.05, 3.63) is 29.8 Å². The summed E-state index contributed by atoms with van der Waals surface area (Å²) in [5.74, 6) is 1.23. The van der Waals surface area contributed by atoms with Crippen molar-refractivity contribution < 1.29 is 19.1 Å². The van der Waals surface area contributed by atoms with Gasteiger partial charge in [-0.1, -0.05) is 26.0 Å². The molecule has 0 aliphatic carbocycles. The smallest absolute Gasteiger partial charge is 0.325 e. The van der Waals surface area contributed by atoms with Crippen molar-refractivity contribution in [2.45, 2.75) is 39.4 Å². The zero-order chi connectivity index (χ0) is 18.8. The third kappa shape index (κ3) is 6.62. The average Bonchev–Trinajstić information content (AvgIpc) is 2.64. The Morgan fingerprint density at radius 3 is 2.12 bits per heavy atom. The van der Waals surface area contributed by atoms with Crippen molar-refractivity contribution >= 4 is 12.1 Å². The normalized spacial score (nSPS) is 12.8. The number of carbonyl (C=O) groups is 2. The summed E-state index contributed by atoms with van der Waals surface area (Å²) < 4.78 is 11.2. The maximum Gasteiger partial charge on any atom is 0.325 e. The number of imide groups is 1. The molecule has 0 radical (unpaired) electrons. The van der Waals surface area contributed by atoms with Crippen molar-refractivity contribution in [3.63, 3.8) is 0 Å². The molecule has 2 unspecified atom stereocenters. The van der Waals surface area contributed by atoms with E-state index in [1.54, 1.807) is 6.92 Å². The average molecular weight is 351 g/mol. The van der Waals surface area contributed by atoms with Crippen LogP contribution >= 0.6 is 0 Å². The maximum atomic E-state index is 11.7. The second-order valence-corrected chi connectivity index (χ2v) is 5.70. The van der Waals surface area contributed by atoms with Crippen LogP contribution in [0.25, 0.3) is 0 Å². The number of hydrogen-bond acceptors (Lipinski definition) is 4. The predicted octanol–water partition coefficient (Wildman–Crippen LogP) is 2.92. The Morgan fingerprint density at radius 1 is 1.08 bits per heavy atom. The van der Waals surface area contributed by atoms with Gasteiger partial charge in [-0.2, -0.15) is 0 Å². The monoisotopic (exact) mass is 351 g/mol. The van der Waals surface area contributed by atoms with Gasteiger partial charge >= 0.3 is 12.1 Å². The number of benzene rings is 1. The van der Waals surface area contributed by atoms with Gasteiger partial charge in [0.25, 0.3) is 0 Å². The van der Waals surface area contributed by atoms with E-state index in [-0.39, 0.29) is 13.2 Å². The van der Waals surface area contributed by atoms with Gasteiger partial charge in [0.1, 0.15) is 5.75 Å². The molecule has 25 heavy (non-hydrogen) atoms. The van der Waals surface area contributed by atoms with Crippen LogP contribution in [-0.2, 0) is 4.74 Å². The first kappa shape index (κ1) is 20.8. The minimum Gasteiger partial charge on any atom is -0.465 e. The maximum absolute atomic E-state index is 11.7. The Hall–Kier alpha value is -2.28. The molecule has 0 aromatic heterocycles. The number of ether oxygens (including phenoxy) is 2. The zero-order valence-electron chi connectivity index (χ0n) is 15.7. The topological polar surface area (TPSA) is 79.9 Å². The molecule has 140 valence electrons. The third-order valence-electron chi connectivity index (χ3n) is 3.95. The highest BCUT2D eigenvalue weighted by Crippen LogP contribution is 2.22. The van der Waals surface area contributed by atoms with Gasteiger partial charge in [-0.15, -0.1) is 0 Å². The lowest BCUT2D eigenvalue weighted by molar-refractivity contribution is -0.0682. The molecule has 0 saturated carbocycles. The first-order chi connectivity index (χ1) is 11.9. The quantitative estimate of drug-likeness (QED) is 0.706. The van der Waals surface area contributed by atoms with Crippen molar-refractivity contribution in [2.24, 2.45) is 0 Å². The van der Waals surface area contributed by atoms with Crippen molar-refractivity contribution in [2.75, 3.05) is 27.2 Å². The lowest BCUT2D eigenvalue weighted by Gasteiger charge is -2.21. The van der Waals surface area contributed by atoms with Gasteiger partial charge in [0.2, 0.25) is 0 Å². The largest absolute Gasteiger partial charge is 0.465 e. The summed E-state index contributed by atoms with van der Waals surface area (Å²) in [6.45, 7) is 6.41. The van der Waals surface area contributed by atoms with Gasteiger partial charge in [-0.25, -0.2) is 14.5 Å². The summed E-state index contributed by atoms with van der Waals surface area (Å²) in [7, 11) is 2.93. The lowest BCUT2D eigenvalue weighted by Crippen LogP contribution is -2.48. The van der Waals surface area contributed by atoms with Crippen LogP contribution in [0.4, 0.5) is 9.59 Å². The van der Waals surface area contributed by atoms with Crippen LogP contribution in [0.2, 0.25) is 0 Å². The lowest BCUT2D eigenvalue weighted by atomic mass is 9.99. The first-order valence-electron chi connectivity index (χ1n) is 8.52. The van der Waals surface area contributed by atoms with Crippen molar-refractivity contribution in [3.8, 4) is 5.75 Å². The number of hydrogen-bond donors (Lipinski definition) is 2. The molecule has 0 aliphatic rings. The van der Waals surface area contributed by atoms with E-state index in [1.165, 1.54) is 19.7 Å². The summed E-state index contributed by atoms with van der Waals surface area (Å²) >= 11 is 0. The highest BCUT2D eigenvalue weighted by atomic mass is 16.7. The van der Waals surface area contributed by atoms with Crippen LogP contribution in [0.15, 0.2) is 24.3 Å². The molecule has 2 N–H and O–H groups in total. The van der Waals surface area contributed by atoms with E-state index in [4.69, 9.17) is 9.47 Å². The molecular formula is C18H29N3O4. The standard InChI is InChI=1S/C18H29N3O4/c1-6-13(2)15-7-9-16(10-8-15)25-14(3)24-12-11-21(17(22)19-4)18(23)20-5/h7-10,13-14H,6,11-12H2,1-5H3,(H,19,22)(H,20,23). The molecule has 1 aromatic rings. The van der Waals surface area contributed by atoms with Gasteiger partial charge in [-0.05, 0) is 37.0 Å². The first-order valence-corrected chi connectivity index (χ1v) is 8.52. The van der Waals surface area contributed by atoms with Crippen LogP contribution in [-0.4, -0.2) is 50.5 Å². The summed E-state index contributed by atoms with van der Waals surface area (Å²) in [5, 5.41) is 4.83. The van der Waals surface area contributed by atoms with Gasteiger partial charge in [0.05, 0.1) is 13.2 Å². The number of amides is 4. The Bertz CT molecular complexity index is 532. The van der Waals surface area contributed by atoms with E-state index in [0.717, 1.165) is 11.3 Å². The fourth-order valence-electron chi connectivity index (χ4n) is 2.21. The Labute approximate surface area is 149 Å². The van der Waals surface area contributed by atoms with Crippen molar-refractivity contribution in [1.82, 2.24) is 15.5 Å². The summed E-state index contributed by atoms with van der Waals surface area (Å²) in [4.78, 5) is 24.4. The highest BCUT2D eigenvalue weighted by molar-refractivity contribution is 5.93. The molecule has 4 amide bonds.